The number of hydrogen-bond donors (Lipinski definition) is 0. The molecule has 0 saturated heterocycles. The van der Waals surface area contributed by atoms with E-state index < -0.39 is 32.4 Å². The minimum absolute atomic E-state index is 0.847. The van der Waals surface area contributed by atoms with Crippen LogP contribution in [-0.2, 0) is 28.6 Å². The standard InChI is InChI=1S/C6H14O6S2/c1-5(11-13(3,7)8)6(2)12-14(4,9)10/h5-6H,1-4H3/t5-,6-/m0/s1. The predicted octanol–water partition coefficient (Wildman–Crippen LogP) is -0.284. The van der Waals surface area contributed by atoms with Crippen molar-refractivity contribution in [2.75, 3.05) is 12.5 Å². The Hall–Kier alpha value is -0.180. The smallest absolute Gasteiger partial charge is 0.264 e. The average Bonchev–Trinajstić information content (AvgIpc) is 1.78. The molecule has 6 nitrogen and oxygen atoms in total. The van der Waals surface area contributed by atoms with Crippen LogP contribution in [0.15, 0.2) is 0 Å². The van der Waals surface area contributed by atoms with E-state index in [9.17, 15) is 16.8 Å². The van der Waals surface area contributed by atoms with Gasteiger partial charge in [0, 0.05) is 0 Å². The molecule has 0 rings (SSSR count). The lowest BCUT2D eigenvalue weighted by Gasteiger charge is -2.17. The molecule has 0 fully saturated rings. The van der Waals surface area contributed by atoms with E-state index in [4.69, 9.17) is 0 Å². The predicted molar refractivity (Wildman–Crippen MR) is 50.8 cm³/mol. The molecule has 0 N–H and O–H groups in total. The van der Waals surface area contributed by atoms with Crippen LogP contribution in [0.4, 0.5) is 0 Å². The molecule has 86 valence electrons. The minimum Gasteiger partial charge on any atom is -0.264 e. The summed E-state index contributed by atoms with van der Waals surface area (Å²) in [5, 5.41) is 0. The normalized spacial score (nSPS) is 17.7. The molecule has 0 aromatic carbocycles. The van der Waals surface area contributed by atoms with E-state index in [0.717, 1.165) is 12.5 Å². The highest BCUT2D eigenvalue weighted by atomic mass is 32.2. The molecule has 8 heteroatoms. The largest absolute Gasteiger partial charge is 0.264 e. The molecule has 14 heavy (non-hydrogen) atoms. The second-order valence-corrected chi connectivity index (χ2v) is 6.21. The van der Waals surface area contributed by atoms with Gasteiger partial charge in [0.25, 0.3) is 20.2 Å². The highest BCUT2D eigenvalue weighted by Gasteiger charge is 2.21. The van der Waals surface area contributed by atoms with Gasteiger partial charge in [-0.15, -0.1) is 0 Å². The fourth-order valence-electron chi connectivity index (χ4n) is 0.708. The van der Waals surface area contributed by atoms with Crippen molar-refractivity contribution in [1.29, 1.82) is 0 Å². The maximum absolute atomic E-state index is 10.7. The van der Waals surface area contributed by atoms with Crippen LogP contribution in [0.3, 0.4) is 0 Å². The van der Waals surface area contributed by atoms with Crippen molar-refractivity contribution in [3.05, 3.63) is 0 Å². The first kappa shape index (κ1) is 13.8. The van der Waals surface area contributed by atoms with Crippen LogP contribution in [0.1, 0.15) is 13.8 Å². The Morgan fingerprint density at radius 3 is 1.14 bits per heavy atom. The molecule has 0 aliphatic carbocycles. The first-order chi connectivity index (χ1) is 6.01. The topological polar surface area (TPSA) is 86.7 Å². The van der Waals surface area contributed by atoms with Gasteiger partial charge in [-0.2, -0.15) is 16.8 Å². The van der Waals surface area contributed by atoms with E-state index in [2.05, 4.69) is 8.37 Å². The fourth-order valence-corrected chi connectivity index (χ4v) is 2.12. The molecule has 0 aromatic rings. The summed E-state index contributed by atoms with van der Waals surface area (Å²) in [6, 6.07) is 0. The number of hydrogen-bond acceptors (Lipinski definition) is 6. The second-order valence-electron chi connectivity index (χ2n) is 3.01. The van der Waals surface area contributed by atoms with Crippen molar-refractivity contribution < 1.29 is 25.2 Å². The molecule has 0 saturated carbocycles. The van der Waals surface area contributed by atoms with Gasteiger partial charge in [-0.3, -0.25) is 8.37 Å². The SMILES string of the molecule is C[C@H](OS(C)(=O)=O)[C@H](C)OS(C)(=O)=O. The van der Waals surface area contributed by atoms with Crippen molar-refractivity contribution >= 4 is 20.2 Å². The van der Waals surface area contributed by atoms with Gasteiger partial charge < -0.3 is 0 Å². The van der Waals surface area contributed by atoms with Gasteiger partial charge in [-0.25, -0.2) is 0 Å². The van der Waals surface area contributed by atoms with Gasteiger partial charge >= 0.3 is 0 Å². The lowest BCUT2D eigenvalue weighted by Crippen LogP contribution is -2.30. The van der Waals surface area contributed by atoms with Gasteiger partial charge in [0.2, 0.25) is 0 Å². The summed E-state index contributed by atoms with van der Waals surface area (Å²) in [6.07, 6.45) is 0.0762. The maximum Gasteiger partial charge on any atom is 0.264 e. The highest BCUT2D eigenvalue weighted by molar-refractivity contribution is 7.86. The molecular formula is C6H14O6S2. The first-order valence-corrected chi connectivity index (χ1v) is 7.41. The third-order valence-electron chi connectivity index (χ3n) is 1.31. The Balaban J connectivity index is 4.35. The van der Waals surface area contributed by atoms with Gasteiger partial charge in [-0.1, -0.05) is 0 Å². The quantitative estimate of drug-likeness (QED) is 0.620. The van der Waals surface area contributed by atoms with Crippen molar-refractivity contribution in [3.63, 3.8) is 0 Å². The Morgan fingerprint density at radius 1 is 0.786 bits per heavy atom. The van der Waals surface area contributed by atoms with E-state index in [0.29, 0.717) is 0 Å². The molecule has 0 heterocycles. The zero-order valence-corrected chi connectivity index (χ0v) is 10.1. The fraction of sp³-hybridized carbons (Fsp3) is 1.00. The maximum atomic E-state index is 10.7. The molecule has 0 spiro atoms. The van der Waals surface area contributed by atoms with Crippen LogP contribution in [0.2, 0.25) is 0 Å². The van der Waals surface area contributed by atoms with E-state index in [-0.39, 0.29) is 0 Å². The van der Waals surface area contributed by atoms with Crippen molar-refractivity contribution in [2.24, 2.45) is 0 Å². The van der Waals surface area contributed by atoms with Crippen molar-refractivity contribution in [1.82, 2.24) is 0 Å². The Morgan fingerprint density at radius 2 is 1.00 bits per heavy atom. The van der Waals surface area contributed by atoms with Crippen LogP contribution in [0.25, 0.3) is 0 Å². The first-order valence-electron chi connectivity index (χ1n) is 3.78. The summed E-state index contributed by atoms with van der Waals surface area (Å²) >= 11 is 0. The van der Waals surface area contributed by atoms with Gasteiger partial charge in [0.15, 0.2) is 0 Å². The average molecular weight is 246 g/mol. The van der Waals surface area contributed by atoms with E-state index >= 15 is 0 Å². The minimum atomic E-state index is -3.60. The zero-order valence-electron chi connectivity index (χ0n) is 8.42. The molecule has 2 atom stereocenters. The molecule has 0 unspecified atom stereocenters. The molecule has 0 radical (unpaired) electrons. The lowest BCUT2D eigenvalue weighted by molar-refractivity contribution is 0.0887. The van der Waals surface area contributed by atoms with Crippen LogP contribution < -0.4 is 0 Å². The third-order valence-corrected chi connectivity index (χ3v) is 2.62. The Labute approximate surface area is 84.5 Å². The Bertz CT molecular complexity index is 329. The summed E-state index contributed by atoms with van der Waals surface area (Å²) in [7, 11) is -7.20. The van der Waals surface area contributed by atoms with Crippen LogP contribution in [0.5, 0.6) is 0 Å². The monoisotopic (exact) mass is 246 g/mol. The molecule has 0 aliphatic heterocycles. The Kier molecular flexibility index (Phi) is 4.50. The van der Waals surface area contributed by atoms with E-state index in [1.54, 1.807) is 0 Å². The molecule has 0 amide bonds. The summed E-state index contributed by atoms with van der Waals surface area (Å²) in [5.41, 5.74) is 0. The molecule has 0 bridgehead atoms. The number of rotatable bonds is 5. The van der Waals surface area contributed by atoms with Crippen LogP contribution in [-0.4, -0.2) is 41.6 Å². The summed E-state index contributed by atoms with van der Waals surface area (Å²) in [4.78, 5) is 0. The van der Waals surface area contributed by atoms with Gasteiger partial charge in [0.05, 0.1) is 12.5 Å². The van der Waals surface area contributed by atoms with Crippen LogP contribution in [0, 0.1) is 0 Å². The van der Waals surface area contributed by atoms with E-state index in [1.807, 2.05) is 0 Å². The van der Waals surface area contributed by atoms with Gasteiger partial charge in [0.1, 0.15) is 12.2 Å². The summed E-state index contributed by atoms with van der Waals surface area (Å²) in [6.45, 7) is 2.83. The second kappa shape index (κ2) is 4.56. The van der Waals surface area contributed by atoms with Crippen LogP contribution >= 0.6 is 0 Å². The molecule has 0 aromatic heterocycles. The zero-order chi connectivity index (χ0) is 11.6. The summed E-state index contributed by atoms with van der Waals surface area (Å²) < 4.78 is 51.8. The lowest BCUT2D eigenvalue weighted by atomic mass is 10.3. The van der Waals surface area contributed by atoms with Gasteiger partial charge in [-0.05, 0) is 13.8 Å². The molecule has 0 aliphatic rings. The summed E-state index contributed by atoms with van der Waals surface area (Å²) in [5.74, 6) is 0. The van der Waals surface area contributed by atoms with Crippen molar-refractivity contribution in [3.8, 4) is 0 Å². The third kappa shape index (κ3) is 7.25. The van der Waals surface area contributed by atoms with Crippen molar-refractivity contribution in [2.45, 2.75) is 26.1 Å². The van der Waals surface area contributed by atoms with E-state index in [1.165, 1.54) is 13.8 Å². The highest BCUT2D eigenvalue weighted by Crippen LogP contribution is 2.08. The molecular weight excluding hydrogens is 232 g/mol.